The van der Waals surface area contributed by atoms with Crippen LogP contribution in [0.1, 0.15) is 5.56 Å². The summed E-state index contributed by atoms with van der Waals surface area (Å²) >= 11 is 5.83. The van der Waals surface area contributed by atoms with Gasteiger partial charge in [0, 0.05) is 16.8 Å². The van der Waals surface area contributed by atoms with Crippen molar-refractivity contribution in [2.75, 3.05) is 13.2 Å². The molecule has 0 aliphatic carbocycles. The number of hydrogen-bond donors (Lipinski definition) is 2. The minimum Gasteiger partial charge on any atom is -0.391 e. The van der Waals surface area contributed by atoms with Gasteiger partial charge in [-0.15, -0.1) is 0 Å². The highest BCUT2D eigenvalue weighted by Gasteiger charge is 2.02. The number of halogens is 1. The number of aliphatic hydroxyl groups excluding tert-OH is 1. The molecule has 3 N–H and O–H groups in total. The molecule has 4 nitrogen and oxygen atoms in total. The second-order valence-electron chi connectivity index (χ2n) is 3.77. The summed E-state index contributed by atoms with van der Waals surface area (Å²) in [5, 5.41) is 15.7. The summed E-state index contributed by atoms with van der Waals surface area (Å²) in [7, 11) is 0. The molecule has 0 aliphatic heterocycles. The van der Waals surface area contributed by atoms with E-state index >= 15 is 0 Å². The molecule has 0 radical (unpaired) electrons. The molecule has 0 unspecified atom stereocenters. The van der Waals surface area contributed by atoms with Crippen molar-refractivity contribution < 1.29 is 10.4 Å². The zero-order valence-electron chi connectivity index (χ0n) is 9.38. The Hall–Kier alpha value is -1.36. The molecule has 1 aromatic heterocycles. The fourth-order valence-corrected chi connectivity index (χ4v) is 1.69. The highest BCUT2D eigenvalue weighted by molar-refractivity contribution is 6.30. The van der Waals surface area contributed by atoms with E-state index in [1.54, 1.807) is 0 Å². The van der Waals surface area contributed by atoms with Crippen molar-refractivity contribution in [3.05, 3.63) is 47.2 Å². The second-order valence-corrected chi connectivity index (χ2v) is 4.21. The Morgan fingerprint density at radius 1 is 1.29 bits per heavy atom. The number of aliphatic hydroxyl groups is 1. The number of quaternary nitrogens is 1. The first-order chi connectivity index (χ1) is 8.29. The predicted octanol–water partition coefficient (Wildman–Crippen LogP) is 0.581. The van der Waals surface area contributed by atoms with Crippen LogP contribution in [0.15, 0.2) is 36.7 Å². The Balaban J connectivity index is 2.04. The van der Waals surface area contributed by atoms with Crippen LogP contribution in [-0.2, 0) is 6.54 Å². The van der Waals surface area contributed by atoms with Crippen molar-refractivity contribution in [1.29, 1.82) is 0 Å². The molecule has 1 heterocycles. The Labute approximate surface area is 105 Å². The van der Waals surface area contributed by atoms with Gasteiger partial charge in [0.1, 0.15) is 6.54 Å². The molecular formula is C12H15ClN3O+. The number of benzene rings is 1. The first-order valence-electron chi connectivity index (χ1n) is 5.51. The zero-order chi connectivity index (χ0) is 12.1. The second kappa shape index (κ2) is 5.82. The molecule has 1 aromatic carbocycles. The summed E-state index contributed by atoms with van der Waals surface area (Å²) in [5.74, 6) is 0. The van der Waals surface area contributed by atoms with Crippen LogP contribution in [0.5, 0.6) is 0 Å². The molecule has 90 valence electrons. The lowest BCUT2D eigenvalue weighted by atomic mass is 10.3. The summed E-state index contributed by atoms with van der Waals surface area (Å²) in [6.45, 7) is 1.74. The van der Waals surface area contributed by atoms with Crippen molar-refractivity contribution in [1.82, 2.24) is 9.78 Å². The fraction of sp³-hybridized carbons (Fsp3) is 0.250. The number of rotatable bonds is 5. The normalized spacial score (nSPS) is 10.7. The maximum absolute atomic E-state index is 8.69. The minimum absolute atomic E-state index is 0.200. The van der Waals surface area contributed by atoms with E-state index in [2.05, 4.69) is 5.10 Å². The summed E-state index contributed by atoms with van der Waals surface area (Å²) in [6, 6.07) is 7.54. The van der Waals surface area contributed by atoms with Crippen LogP contribution in [-0.4, -0.2) is 28.0 Å². The van der Waals surface area contributed by atoms with E-state index in [9.17, 15) is 0 Å². The van der Waals surface area contributed by atoms with Gasteiger partial charge in [0.05, 0.1) is 25.0 Å². The molecule has 5 heteroatoms. The van der Waals surface area contributed by atoms with Crippen molar-refractivity contribution in [3.8, 4) is 5.69 Å². The van der Waals surface area contributed by atoms with Gasteiger partial charge in [-0.25, -0.2) is 4.68 Å². The standard InChI is InChI=1S/C12H14ClN3O/c13-11-1-3-12(4-2-11)16-9-10(8-15-16)7-14-5-6-17/h1-4,8-9,14,17H,5-7H2/p+1. The highest BCUT2D eigenvalue weighted by Crippen LogP contribution is 2.13. The average Bonchev–Trinajstić information content (AvgIpc) is 2.79. The van der Waals surface area contributed by atoms with E-state index in [1.165, 1.54) is 0 Å². The summed E-state index contributed by atoms with van der Waals surface area (Å²) in [4.78, 5) is 0. The molecule has 0 saturated carbocycles. The smallest absolute Gasteiger partial charge is 0.104 e. The number of nitrogens with zero attached hydrogens (tertiary/aromatic N) is 2. The summed E-state index contributed by atoms with van der Waals surface area (Å²) < 4.78 is 1.82. The monoisotopic (exact) mass is 252 g/mol. The number of aromatic nitrogens is 2. The van der Waals surface area contributed by atoms with E-state index in [0.717, 1.165) is 22.8 Å². The van der Waals surface area contributed by atoms with Crippen LogP contribution in [0.25, 0.3) is 5.69 Å². The lowest BCUT2D eigenvalue weighted by Gasteiger charge is -2.00. The fourth-order valence-electron chi connectivity index (χ4n) is 1.56. The van der Waals surface area contributed by atoms with Gasteiger partial charge in [0.15, 0.2) is 0 Å². The average molecular weight is 253 g/mol. The first kappa shape index (κ1) is 12.1. The van der Waals surface area contributed by atoms with Crippen LogP contribution in [0, 0.1) is 0 Å². The third-order valence-corrected chi connectivity index (χ3v) is 2.69. The summed E-state index contributed by atoms with van der Waals surface area (Å²) in [5.41, 5.74) is 2.12. The van der Waals surface area contributed by atoms with Gasteiger partial charge in [-0.3, -0.25) is 0 Å². The molecule has 0 amide bonds. The van der Waals surface area contributed by atoms with Gasteiger partial charge in [-0.1, -0.05) is 11.6 Å². The van der Waals surface area contributed by atoms with Crippen molar-refractivity contribution >= 4 is 11.6 Å². The quantitative estimate of drug-likeness (QED) is 0.765. The third-order valence-electron chi connectivity index (χ3n) is 2.44. The first-order valence-corrected chi connectivity index (χ1v) is 5.89. The van der Waals surface area contributed by atoms with Gasteiger partial charge in [0.2, 0.25) is 0 Å². The molecular weight excluding hydrogens is 238 g/mol. The van der Waals surface area contributed by atoms with Crippen LogP contribution < -0.4 is 5.32 Å². The van der Waals surface area contributed by atoms with Crippen molar-refractivity contribution in [2.45, 2.75) is 6.54 Å². The number of hydrogen-bond acceptors (Lipinski definition) is 2. The number of nitrogens with two attached hydrogens (primary N) is 1. The molecule has 2 rings (SSSR count). The maximum atomic E-state index is 8.69. The van der Waals surface area contributed by atoms with Crippen LogP contribution in [0.4, 0.5) is 0 Å². The van der Waals surface area contributed by atoms with Gasteiger partial charge >= 0.3 is 0 Å². The Morgan fingerprint density at radius 3 is 2.76 bits per heavy atom. The largest absolute Gasteiger partial charge is 0.391 e. The van der Waals surface area contributed by atoms with E-state index in [4.69, 9.17) is 16.7 Å². The molecule has 17 heavy (non-hydrogen) atoms. The maximum Gasteiger partial charge on any atom is 0.104 e. The SMILES string of the molecule is OCC[NH2+]Cc1cnn(-c2ccc(Cl)cc2)c1. The van der Waals surface area contributed by atoms with Gasteiger partial charge in [-0.05, 0) is 24.3 Å². The molecule has 0 saturated heterocycles. The molecule has 0 aliphatic rings. The van der Waals surface area contributed by atoms with Crippen molar-refractivity contribution in [2.24, 2.45) is 0 Å². The van der Waals surface area contributed by atoms with Gasteiger partial charge in [-0.2, -0.15) is 5.10 Å². The Bertz CT molecular complexity index is 467. The minimum atomic E-state index is 0.200. The summed E-state index contributed by atoms with van der Waals surface area (Å²) in [6.07, 6.45) is 3.82. The van der Waals surface area contributed by atoms with Gasteiger partial charge in [0.25, 0.3) is 0 Å². The van der Waals surface area contributed by atoms with Crippen LogP contribution in [0.2, 0.25) is 5.02 Å². The van der Waals surface area contributed by atoms with Crippen LogP contribution in [0.3, 0.4) is 0 Å². The molecule has 0 spiro atoms. The van der Waals surface area contributed by atoms with E-state index in [0.29, 0.717) is 6.54 Å². The molecule has 2 aromatic rings. The topological polar surface area (TPSA) is 54.7 Å². The van der Waals surface area contributed by atoms with Crippen LogP contribution >= 0.6 is 11.6 Å². The predicted molar refractivity (Wildman–Crippen MR) is 66.2 cm³/mol. The zero-order valence-corrected chi connectivity index (χ0v) is 10.1. The van der Waals surface area contributed by atoms with E-state index in [1.807, 2.05) is 46.7 Å². The molecule has 0 atom stereocenters. The highest BCUT2D eigenvalue weighted by atomic mass is 35.5. The molecule has 0 fully saturated rings. The van der Waals surface area contributed by atoms with E-state index in [-0.39, 0.29) is 6.61 Å². The third kappa shape index (κ3) is 3.30. The Morgan fingerprint density at radius 2 is 2.06 bits per heavy atom. The Kier molecular flexibility index (Phi) is 4.14. The van der Waals surface area contributed by atoms with Crippen molar-refractivity contribution in [3.63, 3.8) is 0 Å². The lowest BCUT2D eigenvalue weighted by molar-refractivity contribution is -0.671. The lowest BCUT2D eigenvalue weighted by Crippen LogP contribution is -2.83. The molecule has 0 bridgehead atoms. The van der Waals surface area contributed by atoms with Gasteiger partial charge < -0.3 is 10.4 Å². The van der Waals surface area contributed by atoms with E-state index < -0.39 is 0 Å².